The highest BCUT2D eigenvalue weighted by molar-refractivity contribution is 8.00. The van der Waals surface area contributed by atoms with Gasteiger partial charge >= 0.3 is 0 Å². The summed E-state index contributed by atoms with van der Waals surface area (Å²) in [5, 5.41) is 0. The average Bonchev–Trinajstić information content (AvgIpc) is 3.38. The SMILES string of the molecule is O=C(c1ccc(SCC(=O)N2CCOCC2)cc1)C1CC1. The maximum atomic E-state index is 12.0. The van der Waals surface area contributed by atoms with E-state index in [2.05, 4.69) is 0 Å². The number of amides is 1. The third-order valence-corrected chi connectivity index (χ3v) is 4.81. The zero-order chi connectivity index (χ0) is 14.7. The average molecular weight is 305 g/mol. The molecule has 0 unspecified atom stereocenters. The first-order valence-electron chi connectivity index (χ1n) is 7.36. The van der Waals surface area contributed by atoms with Crippen LogP contribution in [0.3, 0.4) is 0 Å². The topological polar surface area (TPSA) is 46.6 Å². The first-order chi connectivity index (χ1) is 10.2. The first kappa shape index (κ1) is 14.6. The second kappa shape index (κ2) is 6.62. The van der Waals surface area contributed by atoms with Crippen LogP contribution < -0.4 is 0 Å². The molecule has 2 fully saturated rings. The molecule has 0 radical (unpaired) electrons. The molecule has 0 atom stereocenters. The Hall–Kier alpha value is -1.33. The van der Waals surface area contributed by atoms with Gasteiger partial charge in [-0.3, -0.25) is 9.59 Å². The highest BCUT2D eigenvalue weighted by atomic mass is 32.2. The van der Waals surface area contributed by atoms with Gasteiger partial charge in [-0.2, -0.15) is 0 Å². The Morgan fingerprint density at radius 2 is 1.81 bits per heavy atom. The van der Waals surface area contributed by atoms with Crippen LogP contribution >= 0.6 is 11.8 Å². The summed E-state index contributed by atoms with van der Waals surface area (Å²) in [6.07, 6.45) is 2.06. The van der Waals surface area contributed by atoms with Gasteiger partial charge in [-0.15, -0.1) is 11.8 Å². The van der Waals surface area contributed by atoms with E-state index in [-0.39, 0.29) is 17.6 Å². The molecular weight excluding hydrogens is 286 g/mol. The number of hydrogen-bond acceptors (Lipinski definition) is 4. The molecule has 1 amide bonds. The smallest absolute Gasteiger partial charge is 0.233 e. The zero-order valence-corrected chi connectivity index (χ0v) is 12.7. The van der Waals surface area contributed by atoms with Gasteiger partial charge in [0.25, 0.3) is 0 Å². The summed E-state index contributed by atoms with van der Waals surface area (Å²) in [6.45, 7) is 2.64. The van der Waals surface area contributed by atoms with Crippen molar-refractivity contribution in [1.29, 1.82) is 0 Å². The molecule has 1 aromatic rings. The third-order valence-electron chi connectivity index (χ3n) is 3.81. The molecule has 5 heteroatoms. The molecule has 21 heavy (non-hydrogen) atoms. The Morgan fingerprint density at radius 1 is 1.14 bits per heavy atom. The number of nitrogens with zero attached hydrogens (tertiary/aromatic N) is 1. The molecule has 0 spiro atoms. The summed E-state index contributed by atoms with van der Waals surface area (Å²) in [4.78, 5) is 26.8. The Kier molecular flexibility index (Phi) is 4.60. The van der Waals surface area contributed by atoms with Crippen LogP contribution in [0.25, 0.3) is 0 Å². The Balaban J connectivity index is 1.50. The number of hydrogen-bond donors (Lipinski definition) is 0. The molecule has 1 saturated carbocycles. The second-order valence-electron chi connectivity index (χ2n) is 5.44. The van der Waals surface area contributed by atoms with E-state index < -0.39 is 0 Å². The van der Waals surface area contributed by atoms with Gasteiger partial charge in [-0.1, -0.05) is 12.1 Å². The van der Waals surface area contributed by atoms with Crippen molar-refractivity contribution in [2.75, 3.05) is 32.1 Å². The van der Waals surface area contributed by atoms with Crippen LogP contribution in [0.15, 0.2) is 29.2 Å². The zero-order valence-electron chi connectivity index (χ0n) is 11.9. The highest BCUT2D eigenvalue weighted by Gasteiger charge is 2.30. The first-order valence-corrected chi connectivity index (χ1v) is 8.35. The van der Waals surface area contributed by atoms with E-state index in [1.54, 1.807) is 0 Å². The number of morpholine rings is 1. The molecule has 112 valence electrons. The number of rotatable bonds is 5. The number of Topliss-reactive ketones (excluding diaryl/α,β-unsaturated/α-hetero) is 1. The van der Waals surface area contributed by atoms with Crippen LogP contribution in [0.4, 0.5) is 0 Å². The predicted molar refractivity (Wildman–Crippen MR) is 81.6 cm³/mol. The summed E-state index contributed by atoms with van der Waals surface area (Å²) >= 11 is 1.52. The van der Waals surface area contributed by atoms with E-state index in [4.69, 9.17) is 4.74 Å². The number of carbonyl (C=O) groups is 2. The molecule has 1 aliphatic heterocycles. The standard InChI is InChI=1S/C16H19NO3S/c18-15(17-7-9-20-10-8-17)11-21-14-5-3-13(4-6-14)16(19)12-1-2-12/h3-6,12H,1-2,7-11H2. The maximum absolute atomic E-state index is 12.0. The normalized spacial score (nSPS) is 18.6. The van der Waals surface area contributed by atoms with Gasteiger partial charge in [0.15, 0.2) is 5.78 Å². The second-order valence-corrected chi connectivity index (χ2v) is 6.49. The molecule has 4 nitrogen and oxygen atoms in total. The van der Waals surface area contributed by atoms with Crippen molar-refractivity contribution < 1.29 is 14.3 Å². The van der Waals surface area contributed by atoms with Crippen molar-refractivity contribution >= 4 is 23.5 Å². The summed E-state index contributed by atoms with van der Waals surface area (Å²) < 4.78 is 5.24. The van der Waals surface area contributed by atoms with Crippen LogP contribution in [0, 0.1) is 5.92 Å². The van der Waals surface area contributed by atoms with Gasteiger partial charge in [-0.25, -0.2) is 0 Å². The number of ketones is 1. The number of benzene rings is 1. The summed E-state index contributed by atoms with van der Waals surface area (Å²) in [5.41, 5.74) is 0.793. The van der Waals surface area contributed by atoms with E-state index in [1.165, 1.54) is 11.8 Å². The molecule has 3 rings (SSSR count). The molecule has 0 aromatic heterocycles. The van der Waals surface area contributed by atoms with E-state index in [0.717, 1.165) is 23.3 Å². The summed E-state index contributed by atoms with van der Waals surface area (Å²) in [6, 6.07) is 7.63. The van der Waals surface area contributed by atoms with Gasteiger partial charge < -0.3 is 9.64 Å². The van der Waals surface area contributed by atoms with Crippen molar-refractivity contribution in [1.82, 2.24) is 4.90 Å². The van der Waals surface area contributed by atoms with Crippen LogP contribution in [-0.2, 0) is 9.53 Å². The Labute approximate surface area is 128 Å². The summed E-state index contributed by atoms with van der Waals surface area (Å²) in [5.74, 6) is 1.11. The Morgan fingerprint density at radius 3 is 2.43 bits per heavy atom. The number of ether oxygens (including phenoxy) is 1. The van der Waals surface area contributed by atoms with E-state index in [9.17, 15) is 9.59 Å². The number of thioether (sulfide) groups is 1. The van der Waals surface area contributed by atoms with Crippen LogP contribution in [0.2, 0.25) is 0 Å². The minimum atomic E-state index is 0.154. The minimum absolute atomic E-state index is 0.154. The fourth-order valence-electron chi connectivity index (χ4n) is 2.35. The molecule has 2 aliphatic rings. The quantitative estimate of drug-likeness (QED) is 0.618. The van der Waals surface area contributed by atoms with Crippen LogP contribution in [-0.4, -0.2) is 48.6 Å². The van der Waals surface area contributed by atoms with Crippen LogP contribution in [0.5, 0.6) is 0 Å². The van der Waals surface area contributed by atoms with Gasteiger partial charge in [0, 0.05) is 29.5 Å². The minimum Gasteiger partial charge on any atom is -0.378 e. The number of carbonyl (C=O) groups excluding carboxylic acids is 2. The highest BCUT2D eigenvalue weighted by Crippen LogP contribution is 2.33. The third kappa shape index (κ3) is 3.86. The molecular formula is C16H19NO3S. The van der Waals surface area contributed by atoms with Crippen molar-refractivity contribution in [3.63, 3.8) is 0 Å². The molecule has 1 aromatic carbocycles. The fraction of sp³-hybridized carbons (Fsp3) is 0.500. The molecule has 0 N–H and O–H groups in total. The monoisotopic (exact) mass is 305 g/mol. The van der Waals surface area contributed by atoms with Crippen molar-refractivity contribution in [2.24, 2.45) is 5.92 Å². The lowest BCUT2D eigenvalue weighted by molar-refractivity contribution is -0.132. The Bertz CT molecular complexity index is 519. The van der Waals surface area contributed by atoms with Crippen LogP contribution in [0.1, 0.15) is 23.2 Å². The van der Waals surface area contributed by atoms with E-state index in [0.29, 0.717) is 32.1 Å². The molecule has 1 heterocycles. The molecule has 1 aliphatic carbocycles. The van der Waals surface area contributed by atoms with E-state index in [1.807, 2.05) is 29.2 Å². The maximum Gasteiger partial charge on any atom is 0.233 e. The van der Waals surface area contributed by atoms with E-state index >= 15 is 0 Å². The fourth-order valence-corrected chi connectivity index (χ4v) is 3.15. The lowest BCUT2D eigenvalue weighted by Crippen LogP contribution is -2.41. The van der Waals surface area contributed by atoms with Gasteiger partial charge in [0.1, 0.15) is 0 Å². The summed E-state index contributed by atoms with van der Waals surface area (Å²) in [7, 11) is 0. The van der Waals surface area contributed by atoms with Crippen molar-refractivity contribution in [3.8, 4) is 0 Å². The lowest BCUT2D eigenvalue weighted by atomic mass is 10.1. The van der Waals surface area contributed by atoms with Gasteiger partial charge in [-0.05, 0) is 25.0 Å². The largest absolute Gasteiger partial charge is 0.378 e. The van der Waals surface area contributed by atoms with Crippen molar-refractivity contribution in [2.45, 2.75) is 17.7 Å². The molecule has 1 saturated heterocycles. The van der Waals surface area contributed by atoms with Gasteiger partial charge in [0.05, 0.1) is 19.0 Å². The van der Waals surface area contributed by atoms with Crippen molar-refractivity contribution in [3.05, 3.63) is 29.8 Å². The molecule has 0 bridgehead atoms. The lowest BCUT2D eigenvalue weighted by Gasteiger charge is -2.26. The predicted octanol–water partition coefficient (Wildman–Crippen LogP) is 2.23. The van der Waals surface area contributed by atoms with Gasteiger partial charge in [0.2, 0.25) is 5.91 Å².